The van der Waals surface area contributed by atoms with Gasteiger partial charge in [-0.2, -0.15) is 10.4 Å². The predicted molar refractivity (Wildman–Crippen MR) is 88.7 cm³/mol. The van der Waals surface area contributed by atoms with Crippen molar-refractivity contribution in [1.29, 1.82) is 5.26 Å². The van der Waals surface area contributed by atoms with Crippen molar-refractivity contribution < 1.29 is 9.31 Å². The average Bonchev–Trinajstić information content (AvgIpc) is 3.00. The molecule has 0 radical (unpaired) electrons. The second-order valence-electron chi connectivity index (χ2n) is 6.91. The third-order valence-electron chi connectivity index (χ3n) is 4.58. The van der Waals surface area contributed by atoms with Crippen LogP contribution in [0.2, 0.25) is 0 Å². The predicted octanol–water partition coefficient (Wildman–Crippen LogP) is 2.35. The molecule has 23 heavy (non-hydrogen) atoms. The summed E-state index contributed by atoms with van der Waals surface area (Å²) in [6.07, 6.45) is 1.87. The molecular weight excluding hydrogens is 289 g/mol. The molecule has 0 aliphatic carbocycles. The zero-order valence-corrected chi connectivity index (χ0v) is 14.1. The van der Waals surface area contributed by atoms with Crippen molar-refractivity contribution in [2.75, 3.05) is 0 Å². The van der Waals surface area contributed by atoms with E-state index >= 15 is 0 Å². The molecule has 0 amide bonds. The van der Waals surface area contributed by atoms with Crippen LogP contribution in [0.15, 0.2) is 30.5 Å². The van der Waals surface area contributed by atoms with E-state index in [2.05, 4.69) is 11.2 Å². The second kappa shape index (κ2) is 5.22. The van der Waals surface area contributed by atoms with Gasteiger partial charge in [-0.05, 0) is 64.3 Å². The lowest BCUT2D eigenvalue weighted by molar-refractivity contribution is 0.00578. The van der Waals surface area contributed by atoms with Gasteiger partial charge in [0.15, 0.2) is 0 Å². The molecule has 6 heteroatoms. The highest BCUT2D eigenvalue weighted by molar-refractivity contribution is 6.62. The van der Waals surface area contributed by atoms with Crippen LogP contribution in [0.3, 0.4) is 0 Å². The maximum absolute atomic E-state index is 9.33. The highest BCUT2D eigenvalue weighted by Crippen LogP contribution is 2.36. The van der Waals surface area contributed by atoms with Crippen molar-refractivity contribution in [2.24, 2.45) is 0 Å². The minimum absolute atomic E-state index is 0.414. The molecule has 0 atom stereocenters. The zero-order chi connectivity index (χ0) is 16.8. The third-order valence-corrected chi connectivity index (χ3v) is 4.58. The van der Waals surface area contributed by atoms with E-state index in [1.165, 1.54) is 0 Å². The Kier molecular flexibility index (Phi) is 3.59. The lowest BCUT2D eigenvalue weighted by Crippen LogP contribution is -2.41. The summed E-state index contributed by atoms with van der Waals surface area (Å²) in [4.78, 5) is 0. The molecule has 0 saturated carbocycles. The van der Waals surface area contributed by atoms with Crippen LogP contribution < -0.4 is 5.46 Å². The highest BCUT2D eigenvalue weighted by Gasteiger charge is 2.51. The molecule has 118 valence electrons. The van der Waals surface area contributed by atoms with E-state index in [0.717, 1.165) is 16.8 Å². The first-order valence-corrected chi connectivity index (χ1v) is 7.65. The van der Waals surface area contributed by atoms with E-state index < -0.39 is 18.3 Å². The number of rotatable bonds is 2. The summed E-state index contributed by atoms with van der Waals surface area (Å²) in [6.45, 7) is 9.98. The van der Waals surface area contributed by atoms with Crippen molar-refractivity contribution in [1.82, 2.24) is 9.78 Å². The van der Waals surface area contributed by atoms with Gasteiger partial charge in [0.2, 0.25) is 0 Å². The Hall–Kier alpha value is -2.10. The Morgan fingerprint density at radius 2 is 1.78 bits per heavy atom. The van der Waals surface area contributed by atoms with Gasteiger partial charge < -0.3 is 9.31 Å². The molecule has 1 aromatic carbocycles. The van der Waals surface area contributed by atoms with Crippen LogP contribution in [0.4, 0.5) is 0 Å². The first kappa shape index (κ1) is 15.8. The number of aromatic nitrogens is 2. The number of nitrogens with zero attached hydrogens (tertiary/aromatic N) is 3. The maximum Gasteiger partial charge on any atom is 0.494 e. The topological polar surface area (TPSA) is 60.1 Å². The van der Waals surface area contributed by atoms with E-state index in [1.54, 1.807) is 10.7 Å². The van der Waals surface area contributed by atoms with Gasteiger partial charge in [-0.3, -0.25) is 0 Å². The Morgan fingerprint density at radius 3 is 2.30 bits per heavy atom. The Labute approximate surface area is 137 Å². The first-order chi connectivity index (χ1) is 10.7. The molecule has 0 N–H and O–H groups in total. The van der Waals surface area contributed by atoms with Gasteiger partial charge in [-0.15, -0.1) is 0 Å². The number of nitriles is 1. The number of hydrogen-bond donors (Lipinski definition) is 0. The van der Waals surface area contributed by atoms with Crippen LogP contribution in [0.5, 0.6) is 0 Å². The van der Waals surface area contributed by atoms with E-state index in [9.17, 15) is 5.26 Å². The van der Waals surface area contributed by atoms with Crippen molar-refractivity contribution in [2.45, 2.75) is 45.8 Å². The SMILES string of the molecule is Cc1ccn(-c2cc(C#N)cc(B3OC(C)(C)C(C)(C)O3)c2)n1. The average molecular weight is 309 g/mol. The summed E-state index contributed by atoms with van der Waals surface area (Å²) in [5, 5.41) is 13.7. The molecule has 5 nitrogen and oxygen atoms in total. The fourth-order valence-electron chi connectivity index (χ4n) is 2.51. The highest BCUT2D eigenvalue weighted by atomic mass is 16.7. The number of aryl methyl sites for hydroxylation is 1. The third kappa shape index (κ3) is 2.78. The van der Waals surface area contributed by atoms with Crippen LogP contribution in [-0.2, 0) is 9.31 Å². The quantitative estimate of drug-likeness (QED) is 0.799. The minimum Gasteiger partial charge on any atom is -0.399 e. The summed E-state index contributed by atoms with van der Waals surface area (Å²) in [5.74, 6) is 0. The monoisotopic (exact) mass is 309 g/mol. The molecule has 0 spiro atoms. The van der Waals surface area contributed by atoms with Gasteiger partial charge in [-0.1, -0.05) is 0 Å². The summed E-state index contributed by atoms with van der Waals surface area (Å²) in [7, 11) is -0.497. The van der Waals surface area contributed by atoms with Crippen LogP contribution in [0.25, 0.3) is 5.69 Å². The van der Waals surface area contributed by atoms with Gasteiger partial charge in [0.25, 0.3) is 0 Å². The molecular formula is C17H20BN3O2. The number of hydrogen-bond acceptors (Lipinski definition) is 4. The molecule has 2 aromatic rings. The van der Waals surface area contributed by atoms with Crippen molar-refractivity contribution in [3.63, 3.8) is 0 Å². The summed E-state index contributed by atoms with van der Waals surface area (Å²) in [5.41, 5.74) is 2.29. The van der Waals surface area contributed by atoms with Crippen LogP contribution >= 0.6 is 0 Å². The molecule has 0 bridgehead atoms. The molecule has 1 aromatic heterocycles. The fourth-order valence-corrected chi connectivity index (χ4v) is 2.51. The van der Waals surface area contributed by atoms with Crippen LogP contribution in [0.1, 0.15) is 39.0 Å². The Morgan fingerprint density at radius 1 is 1.13 bits per heavy atom. The van der Waals surface area contributed by atoms with Gasteiger partial charge in [0.05, 0.1) is 34.2 Å². The second-order valence-corrected chi connectivity index (χ2v) is 6.91. The van der Waals surface area contributed by atoms with Gasteiger partial charge in [-0.25, -0.2) is 4.68 Å². The van der Waals surface area contributed by atoms with Gasteiger partial charge >= 0.3 is 7.12 Å². The van der Waals surface area contributed by atoms with Crippen LogP contribution in [0, 0.1) is 18.3 Å². The van der Waals surface area contributed by atoms with Crippen LogP contribution in [-0.4, -0.2) is 28.1 Å². The fraction of sp³-hybridized carbons (Fsp3) is 0.412. The van der Waals surface area contributed by atoms with E-state index in [-0.39, 0.29) is 0 Å². The minimum atomic E-state index is -0.497. The largest absolute Gasteiger partial charge is 0.494 e. The Bertz CT molecular complexity index is 773. The maximum atomic E-state index is 9.33. The Balaban J connectivity index is 2.02. The molecule has 1 aliphatic heterocycles. The van der Waals surface area contributed by atoms with Crippen molar-refractivity contribution in [3.8, 4) is 11.8 Å². The lowest BCUT2D eigenvalue weighted by Gasteiger charge is -2.32. The van der Waals surface area contributed by atoms with Gasteiger partial charge in [0, 0.05) is 6.20 Å². The van der Waals surface area contributed by atoms with Crippen molar-refractivity contribution >= 4 is 12.6 Å². The molecule has 0 unspecified atom stereocenters. The number of benzene rings is 1. The van der Waals surface area contributed by atoms with Crippen molar-refractivity contribution in [3.05, 3.63) is 41.7 Å². The zero-order valence-electron chi connectivity index (χ0n) is 14.1. The molecule has 1 saturated heterocycles. The molecule has 1 aliphatic rings. The summed E-state index contributed by atoms with van der Waals surface area (Å²) < 4.78 is 13.9. The molecule has 1 fully saturated rings. The standard InChI is InChI=1S/C17H20BN3O2/c1-12-6-7-21(20-12)15-9-13(11-19)8-14(10-15)18-22-16(2,3)17(4,5)23-18/h6-10H,1-5H3. The van der Waals surface area contributed by atoms with E-state index in [4.69, 9.17) is 9.31 Å². The normalized spacial score (nSPS) is 18.9. The molecule has 3 rings (SSSR count). The lowest BCUT2D eigenvalue weighted by atomic mass is 9.78. The van der Waals surface area contributed by atoms with Gasteiger partial charge in [0.1, 0.15) is 0 Å². The summed E-state index contributed by atoms with van der Waals surface area (Å²) in [6, 6.07) is 9.69. The summed E-state index contributed by atoms with van der Waals surface area (Å²) >= 11 is 0. The first-order valence-electron chi connectivity index (χ1n) is 7.65. The smallest absolute Gasteiger partial charge is 0.399 e. The van der Waals surface area contributed by atoms with E-state index in [0.29, 0.717) is 5.56 Å². The molecule has 2 heterocycles. The van der Waals surface area contributed by atoms with E-state index in [1.807, 2.05) is 59.0 Å².